The minimum absolute atomic E-state index is 0.276. The van der Waals surface area contributed by atoms with Crippen LogP contribution in [0.2, 0.25) is 0 Å². The van der Waals surface area contributed by atoms with Crippen molar-refractivity contribution in [1.29, 1.82) is 0 Å². The summed E-state index contributed by atoms with van der Waals surface area (Å²) in [6, 6.07) is 26.1. The Morgan fingerprint density at radius 1 is 0.692 bits per heavy atom. The van der Waals surface area contributed by atoms with Crippen LogP contribution < -0.4 is 4.57 Å². The van der Waals surface area contributed by atoms with Crippen LogP contribution in [-0.4, -0.2) is 32.2 Å². The Bertz CT molecular complexity index is 748. The summed E-state index contributed by atoms with van der Waals surface area (Å²) in [5.41, 5.74) is 4.01. The molecule has 0 aliphatic carbocycles. The van der Waals surface area contributed by atoms with Gasteiger partial charge < -0.3 is 4.48 Å². The lowest BCUT2D eigenvalue weighted by Gasteiger charge is -2.22. The highest BCUT2D eigenvalue weighted by Gasteiger charge is 2.17. The van der Waals surface area contributed by atoms with Gasteiger partial charge in [-0.05, 0) is 16.7 Å². The lowest BCUT2D eigenvalue weighted by Crippen LogP contribution is -2.39. The third-order valence-corrected chi connectivity index (χ3v) is 4.76. The molecule has 0 radical (unpaired) electrons. The van der Waals surface area contributed by atoms with Gasteiger partial charge in [-0.2, -0.15) is 0 Å². The molecule has 0 spiro atoms. The van der Waals surface area contributed by atoms with Crippen LogP contribution in [-0.2, 0) is 6.54 Å². The summed E-state index contributed by atoms with van der Waals surface area (Å²) >= 11 is 0. The lowest BCUT2D eigenvalue weighted by atomic mass is 9.86. The Kier molecular flexibility index (Phi) is 5.85. The minimum Gasteiger partial charge on any atom is -0.331 e. The van der Waals surface area contributed by atoms with Crippen molar-refractivity contribution in [2.24, 2.45) is 0 Å². The number of aromatic nitrogens is 1. The highest BCUT2D eigenvalue weighted by molar-refractivity contribution is 5.41. The van der Waals surface area contributed by atoms with Crippen LogP contribution in [0.3, 0.4) is 0 Å². The summed E-state index contributed by atoms with van der Waals surface area (Å²) in [5, 5.41) is 0. The van der Waals surface area contributed by atoms with E-state index in [9.17, 15) is 0 Å². The molecule has 134 valence electrons. The van der Waals surface area contributed by atoms with Crippen LogP contribution in [0.15, 0.2) is 85.2 Å². The predicted octanol–water partition coefficient (Wildman–Crippen LogP) is 4.25. The zero-order valence-corrected chi connectivity index (χ0v) is 16.2. The van der Waals surface area contributed by atoms with Crippen LogP contribution in [0.25, 0.3) is 0 Å². The highest BCUT2D eigenvalue weighted by atomic mass is 15.3. The number of aryl methyl sites for hydroxylation is 1. The molecule has 1 aromatic heterocycles. The van der Waals surface area contributed by atoms with E-state index in [-0.39, 0.29) is 5.92 Å². The van der Waals surface area contributed by atoms with E-state index in [4.69, 9.17) is 0 Å². The zero-order chi connectivity index (χ0) is 18.4. The molecule has 3 rings (SSSR count). The summed E-state index contributed by atoms with van der Waals surface area (Å²) in [5.74, 6) is 0.276. The van der Waals surface area contributed by atoms with E-state index in [0.717, 1.165) is 11.0 Å². The van der Waals surface area contributed by atoms with E-state index in [1.165, 1.54) is 29.7 Å². The first kappa shape index (κ1) is 18.3. The van der Waals surface area contributed by atoms with Crippen molar-refractivity contribution in [2.75, 3.05) is 27.7 Å². The molecule has 0 amide bonds. The first-order chi connectivity index (χ1) is 12.5. The number of hydrogen-bond donors (Lipinski definition) is 0. The molecule has 0 N–H and O–H groups in total. The van der Waals surface area contributed by atoms with Gasteiger partial charge in [-0.25, -0.2) is 4.57 Å². The number of quaternary nitrogens is 1. The Balaban J connectivity index is 1.82. The van der Waals surface area contributed by atoms with E-state index >= 15 is 0 Å². The SMILES string of the molecule is C[N+](C)(C)CCC[n+]1ccc(C(c2ccccc2)c2ccccc2)cc1. The van der Waals surface area contributed by atoms with Gasteiger partial charge in [0.1, 0.15) is 0 Å². The normalized spacial score (nSPS) is 11.7. The van der Waals surface area contributed by atoms with E-state index in [1.807, 2.05) is 0 Å². The van der Waals surface area contributed by atoms with Gasteiger partial charge in [-0.1, -0.05) is 60.7 Å². The molecule has 0 unspecified atom stereocenters. The Morgan fingerprint density at radius 2 is 1.15 bits per heavy atom. The van der Waals surface area contributed by atoms with Crippen LogP contribution in [0.4, 0.5) is 0 Å². The molecule has 3 aromatic rings. The molecule has 0 saturated carbocycles. The molecule has 0 saturated heterocycles. The standard InChI is InChI=1S/C24H30N2/c1-26(2,3)20-10-17-25-18-15-23(16-19-25)24(21-11-6-4-7-12-21)22-13-8-5-9-14-22/h4-9,11-16,18-19,24H,10,17,20H2,1-3H3/q+2. The first-order valence-electron chi connectivity index (χ1n) is 9.42. The van der Waals surface area contributed by atoms with E-state index in [2.05, 4.69) is 111 Å². The predicted molar refractivity (Wildman–Crippen MR) is 108 cm³/mol. The fourth-order valence-corrected chi connectivity index (χ4v) is 3.41. The van der Waals surface area contributed by atoms with Gasteiger partial charge in [0.2, 0.25) is 0 Å². The molecule has 2 nitrogen and oxygen atoms in total. The molecule has 1 heterocycles. The smallest absolute Gasteiger partial charge is 0.169 e. The maximum atomic E-state index is 2.30. The molecule has 2 aromatic carbocycles. The minimum atomic E-state index is 0.276. The van der Waals surface area contributed by atoms with Gasteiger partial charge in [0.05, 0.1) is 34.1 Å². The quantitative estimate of drug-likeness (QED) is 0.445. The third kappa shape index (κ3) is 5.03. The fraction of sp³-hybridized carbons (Fsp3) is 0.292. The van der Waals surface area contributed by atoms with E-state index < -0.39 is 0 Å². The number of benzene rings is 2. The van der Waals surface area contributed by atoms with Crippen molar-refractivity contribution in [3.05, 3.63) is 102 Å². The van der Waals surface area contributed by atoms with Crippen molar-refractivity contribution < 1.29 is 9.05 Å². The monoisotopic (exact) mass is 346 g/mol. The van der Waals surface area contributed by atoms with Gasteiger partial charge in [-0.15, -0.1) is 0 Å². The van der Waals surface area contributed by atoms with Crippen LogP contribution in [0, 0.1) is 0 Å². The number of nitrogens with zero attached hydrogens (tertiary/aromatic N) is 2. The van der Waals surface area contributed by atoms with Crippen molar-refractivity contribution in [3.63, 3.8) is 0 Å². The van der Waals surface area contributed by atoms with Gasteiger partial charge in [0.25, 0.3) is 0 Å². The maximum absolute atomic E-state index is 2.30. The van der Waals surface area contributed by atoms with Gasteiger partial charge in [0, 0.05) is 18.1 Å². The summed E-state index contributed by atoms with van der Waals surface area (Å²) in [7, 11) is 6.74. The summed E-state index contributed by atoms with van der Waals surface area (Å²) < 4.78 is 3.31. The topological polar surface area (TPSA) is 3.88 Å². The second-order valence-corrected chi connectivity index (χ2v) is 7.99. The molecule has 0 aliphatic rings. The molecule has 0 bridgehead atoms. The molecular formula is C24H30N2+2. The fourth-order valence-electron chi connectivity index (χ4n) is 3.41. The van der Waals surface area contributed by atoms with Crippen molar-refractivity contribution in [1.82, 2.24) is 0 Å². The summed E-state index contributed by atoms with van der Waals surface area (Å²) in [4.78, 5) is 0. The Hall–Kier alpha value is -2.45. The Morgan fingerprint density at radius 3 is 1.62 bits per heavy atom. The summed E-state index contributed by atoms with van der Waals surface area (Å²) in [6.45, 7) is 2.25. The van der Waals surface area contributed by atoms with Crippen molar-refractivity contribution in [3.8, 4) is 0 Å². The maximum Gasteiger partial charge on any atom is 0.169 e. The lowest BCUT2D eigenvalue weighted by molar-refractivity contribution is -0.873. The molecule has 2 heteroatoms. The van der Waals surface area contributed by atoms with Crippen molar-refractivity contribution in [2.45, 2.75) is 18.9 Å². The third-order valence-electron chi connectivity index (χ3n) is 4.76. The molecule has 0 aliphatic heterocycles. The second-order valence-electron chi connectivity index (χ2n) is 7.99. The molecule has 0 fully saturated rings. The molecular weight excluding hydrogens is 316 g/mol. The van der Waals surface area contributed by atoms with E-state index in [0.29, 0.717) is 0 Å². The average molecular weight is 347 g/mol. The van der Waals surface area contributed by atoms with Gasteiger partial charge in [-0.3, -0.25) is 0 Å². The zero-order valence-electron chi connectivity index (χ0n) is 16.2. The summed E-state index contributed by atoms with van der Waals surface area (Å²) in [6.07, 6.45) is 5.64. The molecule has 0 atom stereocenters. The first-order valence-corrected chi connectivity index (χ1v) is 9.42. The van der Waals surface area contributed by atoms with E-state index in [1.54, 1.807) is 0 Å². The average Bonchev–Trinajstić information content (AvgIpc) is 2.64. The van der Waals surface area contributed by atoms with Crippen LogP contribution in [0.1, 0.15) is 29.0 Å². The largest absolute Gasteiger partial charge is 0.331 e. The van der Waals surface area contributed by atoms with Gasteiger partial charge >= 0.3 is 0 Å². The number of pyridine rings is 1. The Labute approximate surface area is 157 Å². The van der Waals surface area contributed by atoms with Crippen LogP contribution >= 0.6 is 0 Å². The van der Waals surface area contributed by atoms with Crippen LogP contribution in [0.5, 0.6) is 0 Å². The molecule has 26 heavy (non-hydrogen) atoms. The highest BCUT2D eigenvalue weighted by Crippen LogP contribution is 2.31. The second kappa shape index (κ2) is 8.29. The van der Waals surface area contributed by atoms with Gasteiger partial charge in [0.15, 0.2) is 18.9 Å². The number of hydrogen-bond acceptors (Lipinski definition) is 0. The van der Waals surface area contributed by atoms with Crippen molar-refractivity contribution >= 4 is 0 Å². The number of rotatable bonds is 7.